The molecule has 0 saturated heterocycles. The van der Waals surface area contributed by atoms with Crippen molar-refractivity contribution in [3.63, 3.8) is 0 Å². The predicted octanol–water partition coefficient (Wildman–Crippen LogP) is 3.52. The SMILES string of the molecule is CC[C@@H](C(=O)NC[C@@H](O)c1cn(C)c2ccccc12)c1ccccc1. The number of benzene rings is 2. The zero-order valence-electron chi connectivity index (χ0n) is 14.6. The van der Waals surface area contributed by atoms with Gasteiger partial charge in [0, 0.05) is 36.3 Å². The predicted molar refractivity (Wildman–Crippen MR) is 100 cm³/mol. The van der Waals surface area contributed by atoms with Gasteiger partial charge in [0.2, 0.25) is 5.91 Å². The van der Waals surface area contributed by atoms with Gasteiger partial charge in [-0.2, -0.15) is 0 Å². The van der Waals surface area contributed by atoms with Crippen LogP contribution in [0.1, 0.15) is 36.5 Å². The largest absolute Gasteiger partial charge is 0.386 e. The van der Waals surface area contributed by atoms with Gasteiger partial charge in [-0.15, -0.1) is 0 Å². The number of nitrogens with one attached hydrogen (secondary N) is 1. The van der Waals surface area contributed by atoms with Gasteiger partial charge in [-0.1, -0.05) is 55.5 Å². The molecule has 0 aliphatic rings. The molecule has 4 nitrogen and oxygen atoms in total. The molecule has 3 rings (SSSR count). The van der Waals surface area contributed by atoms with Crippen molar-refractivity contribution >= 4 is 16.8 Å². The topological polar surface area (TPSA) is 54.3 Å². The molecule has 3 aromatic rings. The van der Waals surface area contributed by atoms with Crippen molar-refractivity contribution in [3.05, 3.63) is 71.9 Å². The third kappa shape index (κ3) is 3.59. The van der Waals surface area contributed by atoms with Crippen LogP contribution in [0.15, 0.2) is 60.8 Å². The van der Waals surface area contributed by atoms with E-state index in [1.54, 1.807) is 0 Å². The highest BCUT2D eigenvalue weighted by atomic mass is 16.3. The first kappa shape index (κ1) is 17.2. The molecule has 0 radical (unpaired) electrons. The Hall–Kier alpha value is -2.59. The number of aryl methyl sites for hydroxylation is 1. The summed E-state index contributed by atoms with van der Waals surface area (Å²) in [6.07, 6.45) is 1.92. The number of aliphatic hydroxyl groups excluding tert-OH is 1. The lowest BCUT2D eigenvalue weighted by Gasteiger charge is -2.17. The summed E-state index contributed by atoms with van der Waals surface area (Å²) in [6.45, 7) is 2.20. The molecule has 0 bridgehead atoms. The van der Waals surface area contributed by atoms with Gasteiger partial charge in [-0.3, -0.25) is 4.79 Å². The summed E-state index contributed by atoms with van der Waals surface area (Å²) >= 11 is 0. The van der Waals surface area contributed by atoms with Gasteiger partial charge in [-0.25, -0.2) is 0 Å². The second kappa shape index (κ2) is 7.53. The molecule has 0 aliphatic carbocycles. The van der Waals surface area contributed by atoms with Crippen LogP contribution in [0.4, 0.5) is 0 Å². The van der Waals surface area contributed by atoms with Crippen LogP contribution in [0.3, 0.4) is 0 Å². The van der Waals surface area contributed by atoms with Crippen molar-refractivity contribution in [2.75, 3.05) is 6.54 Å². The molecule has 2 N–H and O–H groups in total. The number of hydrogen-bond donors (Lipinski definition) is 2. The molecule has 0 saturated carbocycles. The first-order valence-corrected chi connectivity index (χ1v) is 8.66. The number of rotatable bonds is 6. The molecule has 2 atom stereocenters. The summed E-state index contributed by atoms with van der Waals surface area (Å²) in [6, 6.07) is 17.7. The summed E-state index contributed by atoms with van der Waals surface area (Å²) in [7, 11) is 1.96. The highest BCUT2D eigenvalue weighted by molar-refractivity contribution is 5.85. The second-order valence-corrected chi connectivity index (χ2v) is 6.34. The number of carbonyl (C=O) groups excluding carboxylic acids is 1. The zero-order chi connectivity index (χ0) is 17.8. The lowest BCUT2D eigenvalue weighted by atomic mass is 9.95. The maximum Gasteiger partial charge on any atom is 0.227 e. The van der Waals surface area contributed by atoms with E-state index in [-0.39, 0.29) is 18.4 Å². The number of amides is 1. The Kier molecular flexibility index (Phi) is 5.19. The Balaban J connectivity index is 1.71. The van der Waals surface area contributed by atoms with Crippen molar-refractivity contribution in [2.45, 2.75) is 25.4 Å². The average molecular weight is 336 g/mol. The van der Waals surface area contributed by atoms with Crippen molar-refractivity contribution in [1.82, 2.24) is 9.88 Å². The van der Waals surface area contributed by atoms with E-state index in [4.69, 9.17) is 0 Å². The maximum absolute atomic E-state index is 12.6. The second-order valence-electron chi connectivity index (χ2n) is 6.34. The molecule has 1 amide bonds. The summed E-state index contributed by atoms with van der Waals surface area (Å²) in [5.74, 6) is -0.242. The smallest absolute Gasteiger partial charge is 0.227 e. The van der Waals surface area contributed by atoms with Crippen molar-refractivity contribution in [1.29, 1.82) is 0 Å². The van der Waals surface area contributed by atoms with Gasteiger partial charge >= 0.3 is 0 Å². The molecule has 2 aromatic carbocycles. The van der Waals surface area contributed by atoms with E-state index < -0.39 is 6.10 Å². The molecule has 1 aromatic heterocycles. The molecule has 25 heavy (non-hydrogen) atoms. The van der Waals surface area contributed by atoms with E-state index in [1.165, 1.54) is 0 Å². The van der Waals surface area contributed by atoms with Crippen LogP contribution in [-0.4, -0.2) is 22.1 Å². The first-order valence-electron chi connectivity index (χ1n) is 8.66. The van der Waals surface area contributed by atoms with E-state index in [0.717, 1.165) is 28.5 Å². The summed E-state index contributed by atoms with van der Waals surface area (Å²) in [5, 5.41) is 14.5. The van der Waals surface area contributed by atoms with Gasteiger partial charge in [0.15, 0.2) is 0 Å². The summed E-state index contributed by atoms with van der Waals surface area (Å²) in [4.78, 5) is 12.6. The highest BCUT2D eigenvalue weighted by Crippen LogP contribution is 2.26. The van der Waals surface area contributed by atoms with Gasteiger partial charge in [0.1, 0.15) is 0 Å². The standard InChI is InChI=1S/C21H24N2O2/c1-3-16(15-9-5-4-6-10-15)21(25)22-13-20(24)18-14-23(2)19-12-8-7-11-17(18)19/h4-12,14,16,20,24H,3,13H2,1-2H3,(H,22,25)/t16-,20-/m1/s1. The van der Waals surface area contributed by atoms with Crippen LogP contribution in [0.5, 0.6) is 0 Å². The molecule has 0 aliphatic heterocycles. The van der Waals surface area contributed by atoms with Gasteiger partial charge in [-0.05, 0) is 18.1 Å². The van der Waals surface area contributed by atoms with Gasteiger partial charge < -0.3 is 15.0 Å². The highest BCUT2D eigenvalue weighted by Gasteiger charge is 2.20. The lowest BCUT2D eigenvalue weighted by Crippen LogP contribution is -2.32. The lowest BCUT2D eigenvalue weighted by molar-refractivity contribution is -0.123. The van der Waals surface area contributed by atoms with Crippen LogP contribution in [0.25, 0.3) is 10.9 Å². The number of nitrogens with zero attached hydrogens (tertiary/aromatic N) is 1. The minimum atomic E-state index is -0.733. The van der Waals surface area contributed by atoms with E-state index in [9.17, 15) is 9.90 Å². The van der Waals surface area contributed by atoms with E-state index in [2.05, 4.69) is 5.32 Å². The third-order valence-electron chi connectivity index (χ3n) is 4.68. The quantitative estimate of drug-likeness (QED) is 0.723. The summed E-state index contributed by atoms with van der Waals surface area (Å²) < 4.78 is 1.99. The van der Waals surface area contributed by atoms with Crippen LogP contribution in [0, 0.1) is 0 Å². The van der Waals surface area contributed by atoms with Crippen LogP contribution in [-0.2, 0) is 11.8 Å². The van der Waals surface area contributed by atoms with E-state index >= 15 is 0 Å². The zero-order valence-corrected chi connectivity index (χ0v) is 14.6. The maximum atomic E-state index is 12.6. The van der Waals surface area contributed by atoms with Crippen molar-refractivity contribution in [2.24, 2.45) is 7.05 Å². The van der Waals surface area contributed by atoms with Gasteiger partial charge in [0.05, 0.1) is 12.0 Å². The molecule has 130 valence electrons. The van der Waals surface area contributed by atoms with E-state index in [1.807, 2.05) is 79.3 Å². The number of hydrogen-bond acceptors (Lipinski definition) is 2. The molecular weight excluding hydrogens is 312 g/mol. The third-order valence-corrected chi connectivity index (χ3v) is 4.68. The Morgan fingerprint density at radius 1 is 1.12 bits per heavy atom. The number of para-hydroxylation sites is 1. The fourth-order valence-corrected chi connectivity index (χ4v) is 3.33. The normalized spacial score (nSPS) is 13.6. The number of fused-ring (bicyclic) bond motifs is 1. The fourth-order valence-electron chi connectivity index (χ4n) is 3.33. The van der Waals surface area contributed by atoms with E-state index in [0.29, 0.717) is 0 Å². The van der Waals surface area contributed by atoms with Crippen molar-refractivity contribution < 1.29 is 9.90 Å². The molecule has 0 fully saturated rings. The van der Waals surface area contributed by atoms with Crippen LogP contribution in [0.2, 0.25) is 0 Å². The Morgan fingerprint density at radius 2 is 1.80 bits per heavy atom. The monoisotopic (exact) mass is 336 g/mol. The number of aromatic nitrogens is 1. The van der Waals surface area contributed by atoms with Crippen molar-refractivity contribution in [3.8, 4) is 0 Å². The van der Waals surface area contributed by atoms with Gasteiger partial charge in [0.25, 0.3) is 0 Å². The first-order chi connectivity index (χ1) is 12.1. The minimum Gasteiger partial charge on any atom is -0.386 e. The Bertz CT molecular complexity index is 855. The summed E-state index contributed by atoms with van der Waals surface area (Å²) in [5.41, 5.74) is 2.91. The fraction of sp³-hybridized carbons (Fsp3) is 0.286. The molecule has 1 heterocycles. The number of aliphatic hydroxyl groups is 1. The molecular formula is C21H24N2O2. The number of carbonyl (C=O) groups is 1. The Morgan fingerprint density at radius 3 is 2.52 bits per heavy atom. The minimum absolute atomic E-state index is 0.0482. The Labute approximate surface area is 148 Å². The average Bonchev–Trinajstić information content (AvgIpc) is 2.98. The van der Waals surface area contributed by atoms with Crippen LogP contribution < -0.4 is 5.32 Å². The van der Waals surface area contributed by atoms with Crippen LogP contribution >= 0.6 is 0 Å². The molecule has 0 unspecified atom stereocenters. The molecule has 0 spiro atoms. The molecule has 4 heteroatoms.